The fourth-order valence-corrected chi connectivity index (χ4v) is 3.50. The van der Waals surface area contributed by atoms with Crippen molar-refractivity contribution < 1.29 is 27.9 Å². The van der Waals surface area contributed by atoms with E-state index < -0.39 is 12.1 Å². The Labute approximate surface area is 162 Å². The van der Waals surface area contributed by atoms with Crippen LogP contribution in [0.5, 0.6) is 0 Å². The summed E-state index contributed by atoms with van der Waals surface area (Å²) in [7, 11) is 6.18. The zero-order valence-electron chi connectivity index (χ0n) is 16.3. The summed E-state index contributed by atoms with van der Waals surface area (Å²) >= 11 is 0. The molecule has 7 nitrogen and oxygen atoms in total. The predicted molar refractivity (Wildman–Crippen MR) is 95.5 cm³/mol. The lowest BCUT2D eigenvalue weighted by Crippen LogP contribution is -2.45. The molecule has 2 fully saturated rings. The van der Waals surface area contributed by atoms with Crippen molar-refractivity contribution >= 4 is 11.9 Å². The molecule has 1 amide bonds. The van der Waals surface area contributed by atoms with Crippen molar-refractivity contribution in [1.82, 2.24) is 19.6 Å². The fraction of sp³-hybridized carbons (Fsp3) is 0.722. The first-order valence-electron chi connectivity index (χ1n) is 9.22. The van der Waals surface area contributed by atoms with E-state index in [1.165, 1.54) is 18.4 Å². The van der Waals surface area contributed by atoms with Crippen LogP contribution in [-0.2, 0) is 23.1 Å². The summed E-state index contributed by atoms with van der Waals surface area (Å²) in [6, 6.07) is 0.740. The number of hydrogen-bond donors (Lipinski definition) is 1. The van der Waals surface area contributed by atoms with Gasteiger partial charge in [0.2, 0.25) is 5.91 Å². The number of rotatable bonds is 5. The number of hydrogen-bond acceptors (Lipinski definition) is 4. The highest BCUT2D eigenvalue weighted by atomic mass is 19.4. The van der Waals surface area contributed by atoms with Crippen molar-refractivity contribution in [2.75, 3.05) is 20.6 Å². The lowest BCUT2D eigenvalue weighted by atomic mass is 10.0. The van der Waals surface area contributed by atoms with E-state index >= 15 is 0 Å². The summed E-state index contributed by atoms with van der Waals surface area (Å²) in [4.78, 5) is 25.9. The quantitative estimate of drug-likeness (QED) is 0.811. The second kappa shape index (κ2) is 8.93. The molecule has 1 aliphatic carbocycles. The van der Waals surface area contributed by atoms with Crippen molar-refractivity contribution in [2.45, 2.75) is 50.4 Å². The van der Waals surface area contributed by atoms with Gasteiger partial charge in [-0.1, -0.05) is 0 Å². The van der Waals surface area contributed by atoms with Crippen LogP contribution in [0.3, 0.4) is 0 Å². The molecule has 10 heteroatoms. The van der Waals surface area contributed by atoms with E-state index in [1.807, 2.05) is 17.9 Å². The molecule has 28 heavy (non-hydrogen) atoms. The third-order valence-corrected chi connectivity index (χ3v) is 5.10. The van der Waals surface area contributed by atoms with E-state index in [-0.39, 0.29) is 6.04 Å². The maximum Gasteiger partial charge on any atom is 0.490 e. The van der Waals surface area contributed by atoms with E-state index in [9.17, 15) is 18.0 Å². The molecule has 2 heterocycles. The number of likely N-dealkylation sites (tertiary alicyclic amines) is 1. The van der Waals surface area contributed by atoms with Crippen molar-refractivity contribution in [1.29, 1.82) is 0 Å². The van der Waals surface area contributed by atoms with Gasteiger partial charge >= 0.3 is 12.1 Å². The topological polar surface area (TPSA) is 78.7 Å². The number of likely N-dealkylation sites (N-methyl/N-ethyl adjacent to an activating group) is 1. The van der Waals surface area contributed by atoms with Crippen LogP contribution in [0, 0.1) is 5.92 Å². The van der Waals surface area contributed by atoms with Gasteiger partial charge in [-0.2, -0.15) is 18.3 Å². The molecule has 0 unspecified atom stereocenters. The SMILES string of the molecule is CN(C)[C@@H]1CCN(C(=O)CC2CC2)[C@H]1Cc1cnn(C)c1.O=C(O)C(F)(F)F. The Morgan fingerprint density at radius 3 is 2.32 bits per heavy atom. The van der Waals surface area contributed by atoms with E-state index in [1.54, 1.807) is 0 Å². The van der Waals surface area contributed by atoms with Gasteiger partial charge in [0.05, 0.1) is 12.2 Å². The van der Waals surface area contributed by atoms with Crippen LogP contribution in [0.15, 0.2) is 12.4 Å². The second-order valence-corrected chi connectivity index (χ2v) is 7.65. The summed E-state index contributed by atoms with van der Waals surface area (Å²) in [5.41, 5.74) is 1.22. The Morgan fingerprint density at radius 2 is 1.89 bits per heavy atom. The van der Waals surface area contributed by atoms with Gasteiger partial charge in [-0.25, -0.2) is 4.79 Å². The van der Waals surface area contributed by atoms with Gasteiger partial charge in [-0.3, -0.25) is 9.48 Å². The third-order valence-electron chi connectivity index (χ3n) is 5.10. The molecule has 2 atom stereocenters. The maximum atomic E-state index is 12.6. The molecule has 1 aromatic heterocycles. The average Bonchev–Trinajstić information content (AvgIpc) is 3.13. The normalized spacial score (nSPS) is 22.2. The number of carbonyl (C=O) groups is 2. The first-order chi connectivity index (χ1) is 13.0. The summed E-state index contributed by atoms with van der Waals surface area (Å²) in [6.07, 6.45) is 4.13. The zero-order chi connectivity index (χ0) is 21.1. The van der Waals surface area contributed by atoms with Gasteiger partial charge in [-0.05, 0) is 51.3 Å². The lowest BCUT2D eigenvalue weighted by molar-refractivity contribution is -0.192. The molecule has 1 aliphatic heterocycles. The smallest absolute Gasteiger partial charge is 0.475 e. The van der Waals surface area contributed by atoms with E-state index in [0.717, 1.165) is 25.8 Å². The van der Waals surface area contributed by atoms with E-state index in [0.29, 0.717) is 17.9 Å². The highest BCUT2D eigenvalue weighted by Gasteiger charge is 2.40. The molecule has 2 aliphatic rings. The molecule has 0 bridgehead atoms. The van der Waals surface area contributed by atoms with Crippen LogP contribution < -0.4 is 0 Å². The number of carboxylic acid groups (broad SMARTS) is 1. The summed E-state index contributed by atoms with van der Waals surface area (Å²) in [6.45, 7) is 0.902. The number of aromatic nitrogens is 2. The van der Waals surface area contributed by atoms with Crippen LogP contribution in [0.2, 0.25) is 0 Å². The van der Waals surface area contributed by atoms with Gasteiger partial charge in [0.1, 0.15) is 0 Å². The zero-order valence-corrected chi connectivity index (χ0v) is 16.3. The Hall–Kier alpha value is -2.10. The number of aliphatic carboxylic acids is 1. The highest BCUT2D eigenvalue weighted by molar-refractivity contribution is 5.77. The molecule has 3 rings (SSSR count). The predicted octanol–water partition coefficient (Wildman–Crippen LogP) is 1.93. The van der Waals surface area contributed by atoms with Crippen molar-refractivity contribution in [3.05, 3.63) is 18.0 Å². The summed E-state index contributed by atoms with van der Waals surface area (Å²) in [5, 5.41) is 11.4. The van der Waals surface area contributed by atoms with Crippen molar-refractivity contribution in [3.63, 3.8) is 0 Å². The minimum Gasteiger partial charge on any atom is -0.475 e. The Bertz CT molecular complexity index is 686. The largest absolute Gasteiger partial charge is 0.490 e. The number of halogens is 3. The molecule has 0 radical (unpaired) electrons. The average molecular weight is 404 g/mol. The Kier molecular flexibility index (Phi) is 7.08. The van der Waals surface area contributed by atoms with Gasteiger partial charge in [0, 0.05) is 32.3 Å². The van der Waals surface area contributed by atoms with Crippen LogP contribution in [0.1, 0.15) is 31.2 Å². The number of nitrogens with zero attached hydrogens (tertiary/aromatic N) is 4. The number of aryl methyl sites for hydroxylation is 1. The maximum absolute atomic E-state index is 12.6. The van der Waals surface area contributed by atoms with Crippen LogP contribution in [-0.4, -0.2) is 75.5 Å². The van der Waals surface area contributed by atoms with Gasteiger partial charge in [0.25, 0.3) is 0 Å². The molecule has 1 aromatic rings. The monoisotopic (exact) mass is 404 g/mol. The highest BCUT2D eigenvalue weighted by Crippen LogP contribution is 2.34. The molecule has 1 saturated heterocycles. The van der Waals surface area contributed by atoms with Crippen molar-refractivity contribution in [3.8, 4) is 0 Å². The Morgan fingerprint density at radius 1 is 1.29 bits per heavy atom. The molecule has 0 spiro atoms. The molecule has 158 valence electrons. The lowest BCUT2D eigenvalue weighted by Gasteiger charge is -2.31. The molecule has 1 N–H and O–H groups in total. The minimum atomic E-state index is -5.08. The third kappa shape index (κ3) is 6.22. The standard InChI is InChI=1S/C16H26N4O.C2HF3O2/c1-18(2)14-6-7-20(16(21)9-12-4-5-12)15(14)8-13-10-17-19(3)11-13;3-2(4,5)1(6)7/h10-12,14-15H,4-9H2,1-3H3;(H,6,7)/t14-,15+;/m1./s1. The summed E-state index contributed by atoms with van der Waals surface area (Å²) in [5.74, 6) is -1.74. The van der Waals surface area contributed by atoms with E-state index in [4.69, 9.17) is 9.90 Å². The first kappa shape index (κ1) is 22.2. The first-order valence-corrected chi connectivity index (χ1v) is 9.22. The van der Waals surface area contributed by atoms with Gasteiger partial charge < -0.3 is 14.9 Å². The van der Waals surface area contributed by atoms with Gasteiger partial charge in [-0.15, -0.1) is 0 Å². The number of alkyl halides is 3. The van der Waals surface area contributed by atoms with Crippen molar-refractivity contribution in [2.24, 2.45) is 13.0 Å². The number of carboxylic acids is 1. The minimum absolute atomic E-state index is 0.287. The molecular formula is C18H27F3N4O3. The second-order valence-electron chi connectivity index (χ2n) is 7.65. The fourth-order valence-electron chi connectivity index (χ4n) is 3.50. The van der Waals surface area contributed by atoms with E-state index in [2.05, 4.69) is 35.2 Å². The van der Waals surface area contributed by atoms with Gasteiger partial charge in [0.15, 0.2) is 0 Å². The number of carbonyl (C=O) groups excluding carboxylic acids is 1. The van der Waals surface area contributed by atoms with Crippen LogP contribution in [0.4, 0.5) is 13.2 Å². The molecule has 0 aromatic carbocycles. The summed E-state index contributed by atoms with van der Waals surface area (Å²) < 4.78 is 33.6. The Balaban J connectivity index is 0.000000345. The molecular weight excluding hydrogens is 377 g/mol. The van der Waals surface area contributed by atoms with Crippen LogP contribution in [0.25, 0.3) is 0 Å². The number of amides is 1. The molecule has 1 saturated carbocycles. The van der Waals surface area contributed by atoms with Crippen LogP contribution >= 0.6 is 0 Å².